The Hall–Kier alpha value is 0.0894. The first kappa shape index (κ1) is 13.7. The van der Waals surface area contributed by atoms with Gasteiger partial charge in [-0.1, -0.05) is 24.3 Å². The van der Waals surface area contributed by atoms with Crippen molar-refractivity contribution in [1.82, 2.24) is 0 Å². The van der Waals surface area contributed by atoms with Gasteiger partial charge in [0.1, 0.15) is 0 Å². The minimum absolute atomic E-state index is 0. The average Bonchev–Trinajstić information content (AvgIpc) is 1.90. The molecule has 0 aromatic heterocycles. The van der Waals surface area contributed by atoms with Gasteiger partial charge in [0.15, 0.2) is 0 Å². The molecule has 0 aromatic rings. The Kier molecular flexibility index (Phi) is 15.8. The molecule has 11 heavy (non-hydrogen) atoms. The zero-order valence-electron chi connectivity index (χ0n) is 6.92. The largest absolute Gasteiger partial charge is 0.400 e. The van der Waals surface area contributed by atoms with E-state index in [9.17, 15) is 0 Å². The molecule has 0 saturated carbocycles. The molecule has 0 heterocycles. The number of hydrogen-bond acceptors (Lipinski definition) is 1. The van der Waals surface area contributed by atoms with Crippen LogP contribution in [-0.2, 0) is 20.1 Å². The number of hydrogen-bond donors (Lipinski definition) is 1. The van der Waals surface area contributed by atoms with E-state index in [1.165, 1.54) is 25.7 Å². The van der Waals surface area contributed by atoms with Gasteiger partial charge in [0.05, 0.1) is 0 Å². The van der Waals surface area contributed by atoms with Crippen LogP contribution in [0.3, 0.4) is 0 Å². The van der Waals surface area contributed by atoms with E-state index in [1.807, 2.05) is 0 Å². The molecular formula is C9H16IrO. The van der Waals surface area contributed by atoms with Gasteiger partial charge in [-0.05, 0) is 25.7 Å². The van der Waals surface area contributed by atoms with Crippen LogP contribution in [0.1, 0.15) is 25.7 Å². The van der Waals surface area contributed by atoms with Crippen molar-refractivity contribution in [2.45, 2.75) is 25.7 Å². The van der Waals surface area contributed by atoms with Gasteiger partial charge in [-0.15, -0.1) is 0 Å². The third-order valence-corrected chi connectivity index (χ3v) is 1.37. The van der Waals surface area contributed by atoms with Crippen molar-refractivity contribution in [1.29, 1.82) is 0 Å². The van der Waals surface area contributed by atoms with Crippen LogP contribution in [0.15, 0.2) is 24.3 Å². The maximum Gasteiger partial charge on any atom is 0.0319 e. The molecule has 0 unspecified atom stereocenters. The first-order valence-corrected chi connectivity index (χ1v) is 3.76. The van der Waals surface area contributed by atoms with E-state index >= 15 is 0 Å². The minimum Gasteiger partial charge on any atom is -0.400 e. The smallest absolute Gasteiger partial charge is 0.0319 e. The summed E-state index contributed by atoms with van der Waals surface area (Å²) in [6, 6.07) is 0. The van der Waals surface area contributed by atoms with Gasteiger partial charge >= 0.3 is 0 Å². The molecule has 67 valence electrons. The molecule has 2 heteroatoms. The maximum atomic E-state index is 7.00. The predicted molar refractivity (Wildman–Crippen MR) is 44.9 cm³/mol. The van der Waals surface area contributed by atoms with Crippen molar-refractivity contribution < 1.29 is 25.2 Å². The van der Waals surface area contributed by atoms with Gasteiger partial charge in [-0.3, -0.25) is 0 Å². The Bertz CT molecular complexity index is 94.1. The molecule has 0 fully saturated rings. The maximum absolute atomic E-state index is 7.00. The van der Waals surface area contributed by atoms with E-state index < -0.39 is 0 Å². The van der Waals surface area contributed by atoms with E-state index in [0.717, 1.165) is 7.11 Å². The molecule has 0 atom stereocenters. The van der Waals surface area contributed by atoms with E-state index in [0.29, 0.717) is 0 Å². The zero-order valence-corrected chi connectivity index (χ0v) is 9.31. The normalized spacial score (nSPS) is 15.1. The fraction of sp³-hybridized carbons (Fsp3) is 0.556. The molecule has 1 N–H and O–H groups in total. The summed E-state index contributed by atoms with van der Waals surface area (Å²) >= 11 is 0. The molecule has 1 aliphatic rings. The Labute approximate surface area is 82.6 Å². The fourth-order valence-electron chi connectivity index (χ4n) is 0.874. The minimum atomic E-state index is 0. The molecule has 1 nitrogen and oxygen atoms in total. The van der Waals surface area contributed by atoms with Crippen LogP contribution in [0.25, 0.3) is 0 Å². The van der Waals surface area contributed by atoms with Gasteiger partial charge in [-0.25, -0.2) is 0 Å². The van der Waals surface area contributed by atoms with E-state index in [4.69, 9.17) is 5.11 Å². The van der Waals surface area contributed by atoms with Gasteiger partial charge in [0.2, 0.25) is 0 Å². The molecule has 0 bridgehead atoms. The number of allylic oxidation sites excluding steroid dienone is 4. The molecule has 0 spiro atoms. The second-order valence-electron chi connectivity index (χ2n) is 2.14. The predicted octanol–water partition coefficient (Wildman–Crippen LogP) is 2.28. The Morgan fingerprint density at radius 1 is 0.909 bits per heavy atom. The van der Waals surface area contributed by atoms with Crippen LogP contribution in [0, 0.1) is 0 Å². The van der Waals surface area contributed by atoms with Crippen LogP contribution in [0.5, 0.6) is 0 Å². The summed E-state index contributed by atoms with van der Waals surface area (Å²) in [5, 5.41) is 7.00. The van der Waals surface area contributed by atoms with Crippen LogP contribution < -0.4 is 0 Å². The van der Waals surface area contributed by atoms with Gasteiger partial charge in [-0.2, -0.15) is 0 Å². The summed E-state index contributed by atoms with van der Waals surface area (Å²) in [6.07, 6.45) is 14.0. The van der Waals surface area contributed by atoms with Crippen LogP contribution in [0.2, 0.25) is 0 Å². The first-order chi connectivity index (χ1) is 5.00. The number of aliphatic hydroxyl groups excluding tert-OH is 1. The van der Waals surface area contributed by atoms with Crippen molar-refractivity contribution in [3.05, 3.63) is 24.3 Å². The summed E-state index contributed by atoms with van der Waals surface area (Å²) < 4.78 is 0. The van der Waals surface area contributed by atoms with E-state index in [-0.39, 0.29) is 20.1 Å². The summed E-state index contributed by atoms with van der Waals surface area (Å²) in [7, 11) is 1.00. The Morgan fingerprint density at radius 2 is 1.27 bits per heavy atom. The molecule has 1 aliphatic carbocycles. The Morgan fingerprint density at radius 3 is 1.64 bits per heavy atom. The van der Waals surface area contributed by atoms with Gasteiger partial charge in [0.25, 0.3) is 0 Å². The second kappa shape index (κ2) is 12.7. The average molecular weight is 332 g/mol. The summed E-state index contributed by atoms with van der Waals surface area (Å²) in [5.74, 6) is 0. The molecule has 1 radical (unpaired) electrons. The summed E-state index contributed by atoms with van der Waals surface area (Å²) in [5.41, 5.74) is 0. The third kappa shape index (κ3) is 10.1. The zero-order chi connectivity index (χ0) is 7.66. The number of aliphatic hydroxyl groups is 1. The SMILES string of the molecule is C1=CCCCCC=C1.CO.[Ir]. The fourth-order valence-corrected chi connectivity index (χ4v) is 0.874. The van der Waals surface area contributed by atoms with Crippen molar-refractivity contribution in [2.75, 3.05) is 7.11 Å². The van der Waals surface area contributed by atoms with Crippen molar-refractivity contribution in [2.24, 2.45) is 0 Å². The molecule has 0 saturated heterocycles. The standard InChI is InChI=1S/C8H12.CH4O.Ir/c1-2-4-6-8-7-5-3-1;1-2;/h1-4H,5-8H2;2H,1H3;. The van der Waals surface area contributed by atoms with E-state index in [2.05, 4.69) is 24.3 Å². The van der Waals surface area contributed by atoms with Gasteiger partial charge < -0.3 is 5.11 Å². The number of rotatable bonds is 0. The molecule has 0 aliphatic heterocycles. The van der Waals surface area contributed by atoms with Crippen molar-refractivity contribution >= 4 is 0 Å². The van der Waals surface area contributed by atoms with Crippen LogP contribution in [0.4, 0.5) is 0 Å². The van der Waals surface area contributed by atoms with Crippen molar-refractivity contribution in [3.8, 4) is 0 Å². The Balaban J connectivity index is 0. The molecular weight excluding hydrogens is 316 g/mol. The molecule has 0 amide bonds. The molecule has 0 aromatic carbocycles. The third-order valence-electron chi connectivity index (χ3n) is 1.37. The summed E-state index contributed by atoms with van der Waals surface area (Å²) in [6.45, 7) is 0. The second-order valence-corrected chi connectivity index (χ2v) is 2.14. The first-order valence-electron chi connectivity index (χ1n) is 3.76. The van der Waals surface area contributed by atoms with E-state index in [1.54, 1.807) is 0 Å². The monoisotopic (exact) mass is 333 g/mol. The van der Waals surface area contributed by atoms with Gasteiger partial charge in [0, 0.05) is 27.2 Å². The van der Waals surface area contributed by atoms with Crippen LogP contribution in [-0.4, -0.2) is 12.2 Å². The quantitative estimate of drug-likeness (QED) is 0.722. The van der Waals surface area contributed by atoms with Crippen LogP contribution >= 0.6 is 0 Å². The molecule has 1 rings (SSSR count). The topological polar surface area (TPSA) is 20.2 Å². The van der Waals surface area contributed by atoms with Crippen molar-refractivity contribution in [3.63, 3.8) is 0 Å². The summed E-state index contributed by atoms with van der Waals surface area (Å²) in [4.78, 5) is 0.